The second-order valence-electron chi connectivity index (χ2n) is 5.81. The summed E-state index contributed by atoms with van der Waals surface area (Å²) in [6, 6.07) is 8.84. The number of benzene rings is 1. The van der Waals surface area contributed by atoms with Crippen LogP contribution in [0.1, 0.15) is 26.2 Å². The summed E-state index contributed by atoms with van der Waals surface area (Å²) < 4.78 is 5.60. The van der Waals surface area contributed by atoms with Gasteiger partial charge in [0.2, 0.25) is 11.8 Å². The van der Waals surface area contributed by atoms with Gasteiger partial charge in [-0.05, 0) is 18.6 Å². The SMILES string of the molecule is CCCC(N)C(=O)NC1CC(=O)N(CCOc2ccccc2)C1. The molecule has 1 aliphatic rings. The lowest BCUT2D eigenvalue weighted by Crippen LogP contribution is -2.46. The van der Waals surface area contributed by atoms with Crippen molar-refractivity contribution in [1.82, 2.24) is 10.2 Å². The number of ether oxygens (including phenoxy) is 1. The number of amides is 2. The van der Waals surface area contributed by atoms with Crippen molar-refractivity contribution in [3.8, 4) is 5.75 Å². The highest BCUT2D eigenvalue weighted by Gasteiger charge is 2.31. The van der Waals surface area contributed by atoms with Crippen molar-refractivity contribution >= 4 is 11.8 Å². The molecule has 0 aromatic heterocycles. The number of carbonyl (C=O) groups is 2. The first-order valence-corrected chi connectivity index (χ1v) is 8.11. The van der Waals surface area contributed by atoms with Gasteiger partial charge in [-0.2, -0.15) is 0 Å². The highest BCUT2D eigenvalue weighted by Crippen LogP contribution is 2.12. The third kappa shape index (κ3) is 5.25. The van der Waals surface area contributed by atoms with Gasteiger partial charge in [0.1, 0.15) is 12.4 Å². The minimum atomic E-state index is -0.495. The third-order valence-corrected chi connectivity index (χ3v) is 3.87. The van der Waals surface area contributed by atoms with Gasteiger partial charge in [0.15, 0.2) is 0 Å². The van der Waals surface area contributed by atoms with E-state index in [2.05, 4.69) is 5.32 Å². The predicted octanol–water partition coefficient (Wildman–Crippen LogP) is 0.910. The summed E-state index contributed by atoms with van der Waals surface area (Å²) in [5, 5.41) is 2.86. The molecule has 0 aliphatic carbocycles. The first-order valence-electron chi connectivity index (χ1n) is 8.11. The first-order chi connectivity index (χ1) is 11.1. The molecule has 1 fully saturated rings. The largest absolute Gasteiger partial charge is 0.492 e. The molecule has 0 saturated carbocycles. The van der Waals surface area contributed by atoms with Crippen molar-refractivity contribution in [2.45, 2.75) is 38.3 Å². The Bertz CT molecular complexity index is 521. The van der Waals surface area contributed by atoms with Crippen LogP contribution in [0, 0.1) is 0 Å². The fourth-order valence-electron chi connectivity index (χ4n) is 2.63. The van der Waals surface area contributed by atoms with Crippen LogP contribution in [0.2, 0.25) is 0 Å². The number of carbonyl (C=O) groups excluding carboxylic acids is 2. The van der Waals surface area contributed by atoms with Gasteiger partial charge >= 0.3 is 0 Å². The zero-order valence-electron chi connectivity index (χ0n) is 13.5. The van der Waals surface area contributed by atoms with Gasteiger partial charge in [-0.25, -0.2) is 0 Å². The maximum absolute atomic E-state index is 12.0. The Balaban J connectivity index is 1.73. The molecule has 2 unspecified atom stereocenters. The second kappa shape index (κ2) is 8.53. The molecule has 1 aliphatic heterocycles. The highest BCUT2D eigenvalue weighted by molar-refractivity contribution is 5.84. The summed E-state index contributed by atoms with van der Waals surface area (Å²) in [5.41, 5.74) is 5.79. The number of hydrogen-bond acceptors (Lipinski definition) is 4. The van der Waals surface area contributed by atoms with Crippen molar-refractivity contribution in [2.75, 3.05) is 19.7 Å². The van der Waals surface area contributed by atoms with Crippen molar-refractivity contribution in [2.24, 2.45) is 5.73 Å². The number of nitrogens with zero attached hydrogens (tertiary/aromatic N) is 1. The maximum atomic E-state index is 12.0. The topological polar surface area (TPSA) is 84.7 Å². The van der Waals surface area contributed by atoms with E-state index in [1.165, 1.54) is 0 Å². The molecule has 0 bridgehead atoms. The van der Waals surface area contributed by atoms with Crippen molar-refractivity contribution < 1.29 is 14.3 Å². The van der Waals surface area contributed by atoms with Gasteiger partial charge in [-0.3, -0.25) is 9.59 Å². The monoisotopic (exact) mass is 319 g/mol. The van der Waals surface area contributed by atoms with Crippen LogP contribution in [0.25, 0.3) is 0 Å². The Labute approximate surface area is 137 Å². The molecule has 1 aromatic rings. The zero-order valence-corrected chi connectivity index (χ0v) is 13.5. The van der Waals surface area contributed by atoms with Gasteiger partial charge in [-0.15, -0.1) is 0 Å². The molecule has 0 radical (unpaired) electrons. The Morgan fingerprint density at radius 2 is 2.17 bits per heavy atom. The predicted molar refractivity (Wildman–Crippen MR) is 87.9 cm³/mol. The minimum absolute atomic E-state index is 0.0380. The summed E-state index contributed by atoms with van der Waals surface area (Å²) in [6.45, 7) is 3.45. The Morgan fingerprint density at radius 1 is 1.43 bits per heavy atom. The Morgan fingerprint density at radius 3 is 2.87 bits per heavy atom. The van der Waals surface area contributed by atoms with Gasteiger partial charge in [-0.1, -0.05) is 31.5 Å². The Kier molecular flexibility index (Phi) is 6.40. The first kappa shape index (κ1) is 17.3. The molecule has 0 spiro atoms. The fraction of sp³-hybridized carbons (Fsp3) is 0.529. The van der Waals surface area contributed by atoms with E-state index in [1.54, 1.807) is 4.90 Å². The van der Waals surface area contributed by atoms with E-state index in [0.29, 0.717) is 32.5 Å². The van der Waals surface area contributed by atoms with E-state index < -0.39 is 6.04 Å². The molecule has 1 heterocycles. The normalized spacial score (nSPS) is 18.8. The average Bonchev–Trinajstić information content (AvgIpc) is 2.88. The second-order valence-corrected chi connectivity index (χ2v) is 5.81. The summed E-state index contributed by atoms with van der Waals surface area (Å²) in [5.74, 6) is 0.651. The number of nitrogens with one attached hydrogen (secondary N) is 1. The molecular formula is C17H25N3O3. The third-order valence-electron chi connectivity index (χ3n) is 3.87. The smallest absolute Gasteiger partial charge is 0.237 e. The molecular weight excluding hydrogens is 294 g/mol. The van der Waals surface area contributed by atoms with E-state index in [1.807, 2.05) is 37.3 Å². The van der Waals surface area contributed by atoms with Crippen LogP contribution in [0.15, 0.2) is 30.3 Å². The lowest BCUT2D eigenvalue weighted by molar-refractivity contribution is -0.128. The van der Waals surface area contributed by atoms with Crippen molar-refractivity contribution in [3.05, 3.63) is 30.3 Å². The maximum Gasteiger partial charge on any atom is 0.237 e. The van der Waals surface area contributed by atoms with Crippen LogP contribution >= 0.6 is 0 Å². The highest BCUT2D eigenvalue weighted by atomic mass is 16.5. The molecule has 23 heavy (non-hydrogen) atoms. The van der Waals surface area contributed by atoms with Crippen molar-refractivity contribution in [1.29, 1.82) is 0 Å². The summed E-state index contributed by atoms with van der Waals surface area (Å²) in [4.78, 5) is 25.6. The molecule has 1 saturated heterocycles. The molecule has 6 heteroatoms. The summed E-state index contributed by atoms with van der Waals surface area (Å²) in [6.07, 6.45) is 1.85. The number of hydrogen-bond donors (Lipinski definition) is 2. The number of likely N-dealkylation sites (tertiary alicyclic amines) is 1. The van der Waals surface area contributed by atoms with E-state index in [9.17, 15) is 9.59 Å². The minimum Gasteiger partial charge on any atom is -0.492 e. The average molecular weight is 319 g/mol. The quantitative estimate of drug-likeness (QED) is 0.746. The summed E-state index contributed by atoms with van der Waals surface area (Å²) >= 11 is 0. The molecule has 1 aromatic carbocycles. The molecule has 2 amide bonds. The lowest BCUT2D eigenvalue weighted by atomic mass is 10.1. The molecule has 6 nitrogen and oxygen atoms in total. The number of rotatable bonds is 8. The van der Waals surface area contributed by atoms with Crippen molar-refractivity contribution in [3.63, 3.8) is 0 Å². The van der Waals surface area contributed by atoms with Gasteiger partial charge in [0, 0.05) is 13.0 Å². The van der Waals surface area contributed by atoms with E-state index in [-0.39, 0.29) is 17.9 Å². The standard InChI is InChI=1S/C17H25N3O3/c1-2-6-15(18)17(22)19-13-11-16(21)20(12-13)9-10-23-14-7-4-3-5-8-14/h3-5,7-8,13,15H,2,6,9-12,18H2,1H3,(H,19,22). The molecule has 3 N–H and O–H groups in total. The van der Waals surface area contributed by atoms with Crippen LogP contribution in [0.3, 0.4) is 0 Å². The van der Waals surface area contributed by atoms with E-state index in [0.717, 1.165) is 12.2 Å². The van der Waals surface area contributed by atoms with Crippen LogP contribution in [-0.2, 0) is 9.59 Å². The van der Waals surface area contributed by atoms with E-state index >= 15 is 0 Å². The summed E-state index contributed by atoms with van der Waals surface area (Å²) in [7, 11) is 0. The van der Waals surface area contributed by atoms with Crippen LogP contribution < -0.4 is 15.8 Å². The van der Waals surface area contributed by atoms with Gasteiger partial charge < -0.3 is 20.7 Å². The van der Waals surface area contributed by atoms with Crippen LogP contribution in [0.5, 0.6) is 5.75 Å². The lowest BCUT2D eigenvalue weighted by Gasteiger charge is -2.18. The Hall–Kier alpha value is -2.08. The zero-order chi connectivity index (χ0) is 16.7. The van der Waals surface area contributed by atoms with Crippen LogP contribution in [0.4, 0.5) is 0 Å². The molecule has 2 rings (SSSR count). The van der Waals surface area contributed by atoms with Crippen LogP contribution in [-0.4, -0.2) is 48.5 Å². The van der Waals surface area contributed by atoms with E-state index in [4.69, 9.17) is 10.5 Å². The molecule has 2 atom stereocenters. The fourth-order valence-corrected chi connectivity index (χ4v) is 2.63. The molecule has 126 valence electrons. The number of para-hydroxylation sites is 1. The van der Waals surface area contributed by atoms with Gasteiger partial charge in [0.25, 0.3) is 0 Å². The van der Waals surface area contributed by atoms with Gasteiger partial charge in [0.05, 0.1) is 18.6 Å². The number of nitrogens with two attached hydrogens (primary N) is 1.